The summed E-state index contributed by atoms with van der Waals surface area (Å²) in [4.78, 5) is 36.5. The molecular formula is C21H21FN4O3. The van der Waals surface area contributed by atoms with Gasteiger partial charge >= 0.3 is 0 Å². The fourth-order valence-corrected chi connectivity index (χ4v) is 3.72. The van der Waals surface area contributed by atoms with Gasteiger partial charge in [0.2, 0.25) is 0 Å². The molecule has 3 heterocycles. The van der Waals surface area contributed by atoms with Gasteiger partial charge in [-0.25, -0.2) is 4.39 Å². The van der Waals surface area contributed by atoms with Crippen molar-refractivity contribution in [1.29, 1.82) is 0 Å². The lowest BCUT2D eigenvalue weighted by Gasteiger charge is -2.38. The molecule has 1 atom stereocenters. The first-order chi connectivity index (χ1) is 14.0. The van der Waals surface area contributed by atoms with Gasteiger partial charge in [-0.15, -0.1) is 0 Å². The molecule has 1 fully saturated rings. The number of rotatable bonds is 4. The zero-order valence-electron chi connectivity index (χ0n) is 15.8. The molecule has 1 aromatic carbocycles. The summed E-state index contributed by atoms with van der Waals surface area (Å²) < 4.78 is 13.5. The Morgan fingerprint density at radius 1 is 1.24 bits per heavy atom. The molecule has 2 aliphatic rings. The summed E-state index contributed by atoms with van der Waals surface area (Å²) in [5, 5.41) is 6.83. The molecule has 0 bridgehead atoms. The predicted molar refractivity (Wildman–Crippen MR) is 103 cm³/mol. The molecule has 2 aromatic rings. The number of hydrogen-bond donors (Lipinski definition) is 1. The molecule has 0 aliphatic carbocycles. The quantitative estimate of drug-likeness (QED) is 0.860. The molecule has 0 radical (unpaired) electrons. The number of halogens is 1. The van der Waals surface area contributed by atoms with Gasteiger partial charge in [0.1, 0.15) is 11.5 Å². The second-order valence-corrected chi connectivity index (χ2v) is 7.37. The zero-order valence-corrected chi connectivity index (χ0v) is 15.8. The van der Waals surface area contributed by atoms with Gasteiger partial charge < -0.3 is 15.1 Å². The van der Waals surface area contributed by atoms with Crippen molar-refractivity contribution >= 4 is 17.5 Å². The largest absolute Gasteiger partial charge is 0.386 e. The molecule has 29 heavy (non-hydrogen) atoms. The van der Waals surface area contributed by atoms with E-state index in [2.05, 4.69) is 15.5 Å². The Labute approximate surface area is 167 Å². The van der Waals surface area contributed by atoms with Crippen LogP contribution >= 0.6 is 0 Å². The summed E-state index contributed by atoms with van der Waals surface area (Å²) >= 11 is 0. The van der Waals surface area contributed by atoms with Gasteiger partial charge in [0.25, 0.3) is 11.8 Å². The fraction of sp³-hybridized carbons (Fsp3) is 0.333. The average Bonchev–Trinajstić information content (AvgIpc) is 3.15. The Morgan fingerprint density at radius 3 is 2.86 bits per heavy atom. The smallest absolute Gasteiger partial charge is 0.269 e. The second-order valence-electron chi connectivity index (χ2n) is 7.37. The lowest BCUT2D eigenvalue weighted by atomic mass is 9.87. The molecule has 1 spiro atoms. The Morgan fingerprint density at radius 2 is 2.07 bits per heavy atom. The van der Waals surface area contributed by atoms with Gasteiger partial charge in [-0.05, 0) is 48.7 Å². The monoisotopic (exact) mass is 396 g/mol. The van der Waals surface area contributed by atoms with E-state index in [4.69, 9.17) is 4.84 Å². The third-order valence-electron chi connectivity index (χ3n) is 5.20. The minimum absolute atomic E-state index is 0.247. The van der Waals surface area contributed by atoms with Gasteiger partial charge in [-0.3, -0.25) is 14.6 Å². The molecule has 1 aromatic heterocycles. The fourth-order valence-electron chi connectivity index (χ4n) is 3.72. The van der Waals surface area contributed by atoms with Crippen molar-refractivity contribution in [3.8, 4) is 0 Å². The van der Waals surface area contributed by atoms with Gasteiger partial charge in [-0.2, -0.15) is 0 Å². The SMILES string of the molecule is O=C(NCc1ccncc1)C1=NO[C@]2(CCCN(C(=O)c3cccc(F)c3)C2)C1. The van der Waals surface area contributed by atoms with Crippen LogP contribution in [0.1, 0.15) is 35.2 Å². The van der Waals surface area contributed by atoms with Gasteiger partial charge in [-0.1, -0.05) is 11.2 Å². The highest BCUT2D eigenvalue weighted by Gasteiger charge is 2.45. The summed E-state index contributed by atoms with van der Waals surface area (Å²) in [7, 11) is 0. The molecule has 0 saturated carbocycles. The highest BCUT2D eigenvalue weighted by atomic mass is 19.1. The van der Waals surface area contributed by atoms with Crippen LogP contribution in [0.5, 0.6) is 0 Å². The van der Waals surface area contributed by atoms with Crippen molar-refractivity contribution in [3.63, 3.8) is 0 Å². The maximum absolute atomic E-state index is 13.5. The number of benzene rings is 1. The highest BCUT2D eigenvalue weighted by Crippen LogP contribution is 2.34. The van der Waals surface area contributed by atoms with Crippen LogP contribution in [0.2, 0.25) is 0 Å². The number of amides is 2. The lowest BCUT2D eigenvalue weighted by Crippen LogP contribution is -2.51. The van der Waals surface area contributed by atoms with Crippen LogP contribution in [-0.4, -0.2) is 46.1 Å². The summed E-state index contributed by atoms with van der Waals surface area (Å²) in [6.07, 6.45) is 5.09. The van der Waals surface area contributed by atoms with E-state index in [0.717, 1.165) is 12.0 Å². The van der Waals surface area contributed by atoms with E-state index in [-0.39, 0.29) is 11.8 Å². The third kappa shape index (κ3) is 4.26. The number of hydrogen-bond acceptors (Lipinski definition) is 5. The van der Waals surface area contributed by atoms with Crippen molar-refractivity contribution in [2.45, 2.75) is 31.4 Å². The van der Waals surface area contributed by atoms with E-state index in [1.54, 1.807) is 23.4 Å². The number of oxime groups is 1. The summed E-state index contributed by atoms with van der Waals surface area (Å²) in [5.74, 6) is -0.980. The lowest BCUT2D eigenvalue weighted by molar-refractivity contribution is -0.115. The Hall–Kier alpha value is -3.29. The first-order valence-corrected chi connectivity index (χ1v) is 9.52. The van der Waals surface area contributed by atoms with Crippen LogP contribution in [0.4, 0.5) is 4.39 Å². The number of aromatic nitrogens is 1. The molecular weight excluding hydrogens is 375 g/mol. The number of carbonyl (C=O) groups excluding carboxylic acids is 2. The number of likely N-dealkylation sites (tertiary alicyclic amines) is 1. The number of pyridine rings is 1. The molecule has 2 amide bonds. The minimum Gasteiger partial charge on any atom is -0.386 e. The van der Waals surface area contributed by atoms with Gasteiger partial charge in [0, 0.05) is 37.5 Å². The summed E-state index contributed by atoms with van der Waals surface area (Å²) in [6.45, 7) is 1.24. The predicted octanol–water partition coefficient (Wildman–Crippen LogP) is 2.29. The minimum atomic E-state index is -0.704. The van der Waals surface area contributed by atoms with Crippen molar-refractivity contribution in [2.75, 3.05) is 13.1 Å². The zero-order chi connectivity index (χ0) is 20.3. The normalized spacial score (nSPS) is 20.9. The highest BCUT2D eigenvalue weighted by molar-refractivity contribution is 6.39. The van der Waals surface area contributed by atoms with E-state index >= 15 is 0 Å². The molecule has 1 N–H and O–H groups in total. The molecule has 8 heteroatoms. The van der Waals surface area contributed by atoms with Gasteiger partial charge in [0.15, 0.2) is 5.60 Å². The van der Waals surface area contributed by atoms with Crippen LogP contribution < -0.4 is 5.32 Å². The van der Waals surface area contributed by atoms with Crippen LogP contribution in [-0.2, 0) is 16.2 Å². The standard InChI is InChI=1S/C21H21FN4O3/c22-17-4-1-3-16(11-17)20(28)26-10-2-7-21(14-26)12-18(25-29-21)19(27)24-13-15-5-8-23-9-6-15/h1,3-6,8-9,11H,2,7,10,12-14H2,(H,24,27)/t21-/m1/s1. The third-order valence-corrected chi connectivity index (χ3v) is 5.20. The number of nitrogens with one attached hydrogen (secondary N) is 1. The molecule has 150 valence electrons. The van der Waals surface area contributed by atoms with Crippen molar-refractivity contribution < 1.29 is 18.8 Å². The maximum atomic E-state index is 13.5. The molecule has 7 nitrogen and oxygen atoms in total. The Balaban J connectivity index is 1.37. The van der Waals surface area contributed by atoms with Crippen LogP contribution in [0.25, 0.3) is 0 Å². The van der Waals surface area contributed by atoms with E-state index in [9.17, 15) is 14.0 Å². The van der Waals surface area contributed by atoms with E-state index in [0.29, 0.717) is 43.8 Å². The van der Waals surface area contributed by atoms with Crippen LogP contribution in [0.15, 0.2) is 53.9 Å². The van der Waals surface area contributed by atoms with Gasteiger partial charge in [0.05, 0.1) is 6.54 Å². The van der Waals surface area contributed by atoms with Crippen molar-refractivity contribution in [1.82, 2.24) is 15.2 Å². The second kappa shape index (κ2) is 7.98. The molecule has 1 saturated heterocycles. The Kier molecular flexibility index (Phi) is 5.24. The van der Waals surface area contributed by atoms with E-state index in [1.165, 1.54) is 18.2 Å². The van der Waals surface area contributed by atoms with E-state index < -0.39 is 11.4 Å². The maximum Gasteiger partial charge on any atom is 0.269 e. The molecule has 2 aliphatic heterocycles. The van der Waals surface area contributed by atoms with Crippen LogP contribution in [0.3, 0.4) is 0 Å². The first-order valence-electron chi connectivity index (χ1n) is 9.52. The Bertz CT molecular complexity index is 950. The number of piperidine rings is 1. The van der Waals surface area contributed by atoms with E-state index in [1.807, 2.05) is 12.1 Å². The first kappa shape index (κ1) is 19.0. The summed E-state index contributed by atoms with van der Waals surface area (Å²) in [5.41, 5.74) is 0.854. The number of carbonyl (C=O) groups is 2. The molecule has 4 rings (SSSR count). The van der Waals surface area contributed by atoms with Crippen LogP contribution in [0, 0.1) is 5.82 Å². The topological polar surface area (TPSA) is 83.9 Å². The summed E-state index contributed by atoms with van der Waals surface area (Å²) in [6, 6.07) is 9.30. The average molecular weight is 396 g/mol. The molecule has 0 unspecified atom stereocenters. The van der Waals surface area contributed by atoms with Crippen molar-refractivity contribution in [2.24, 2.45) is 5.16 Å². The van der Waals surface area contributed by atoms with Crippen molar-refractivity contribution in [3.05, 3.63) is 65.7 Å². The number of nitrogens with zero attached hydrogens (tertiary/aromatic N) is 3.